The lowest BCUT2D eigenvalue weighted by Gasteiger charge is -2.30. The number of Topliss-reactive ketones (excluding diaryl/α,β-unsaturated/α-hetero) is 1. The molecule has 1 amide bonds. The Morgan fingerprint density at radius 2 is 2.00 bits per heavy atom. The van der Waals surface area contributed by atoms with E-state index in [0.29, 0.717) is 36.7 Å². The summed E-state index contributed by atoms with van der Waals surface area (Å²) in [7, 11) is 0. The molecular weight excluding hydrogens is 423 g/mol. The first-order valence-corrected chi connectivity index (χ1v) is 10.7. The van der Waals surface area contributed by atoms with Gasteiger partial charge in [0, 0.05) is 25.1 Å². The van der Waals surface area contributed by atoms with Gasteiger partial charge in [-0.3, -0.25) is 14.0 Å². The molecule has 0 unspecified atom stereocenters. The van der Waals surface area contributed by atoms with Crippen LogP contribution in [-0.4, -0.2) is 40.6 Å². The van der Waals surface area contributed by atoms with Crippen molar-refractivity contribution >= 4 is 11.7 Å². The molecule has 32 heavy (non-hydrogen) atoms. The Morgan fingerprint density at radius 1 is 1.25 bits per heavy atom. The summed E-state index contributed by atoms with van der Waals surface area (Å²) in [5, 5.41) is 2.76. The van der Waals surface area contributed by atoms with Crippen molar-refractivity contribution in [2.45, 2.75) is 59.2 Å². The molecule has 174 valence electrons. The number of nitrogens with one attached hydrogen (secondary N) is 1. The number of carbonyl (C=O) groups is 2. The van der Waals surface area contributed by atoms with E-state index in [1.807, 2.05) is 20.8 Å². The topological polar surface area (TPSA) is 73.2 Å². The zero-order valence-electron chi connectivity index (χ0n) is 18.5. The van der Waals surface area contributed by atoms with Crippen LogP contribution in [0.4, 0.5) is 13.2 Å². The van der Waals surface area contributed by atoms with E-state index >= 15 is 0 Å². The predicted octanol–water partition coefficient (Wildman–Crippen LogP) is 4.21. The van der Waals surface area contributed by atoms with Gasteiger partial charge in [-0.15, -0.1) is 0 Å². The molecule has 1 aliphatic rings. The van der Waals surface area contributed by atoms with Gasteiger partial charge >= 0.3 is 0 Å². The minimum absolute atomic E-state index is 0.0171. The molecule has 2 aromatic rings. The van der Waals surface area contributed by atoms with Crippen molar-refractivity contribution in [2.75, 3.05) is 13.3 Å². The summed E-state index contributed by atoms with van der Waals surface area (Å²) in [6.45, 7) is 5.92. The van der Waals surface area contributed by atoms with E-state index in [9.17, 15) is 22.8 Å². The van der Waals surface area contributed by atoms with Gasteiger partial charge in [-0.1, -0.05) is 20.8 Å². The zero-order valence-corrected chi connectivity index (χ0v) is 18.5. The van der Waals surface area contributed by atoms with Crippen molar-refractivity contribution in [1.29, 1.82) is 0 Å². The predicted molar refractivity (Wildman–Crippen MR) is 113 cm³/mol. The van der Waals surface area contributed by atoms with Crippen molar-refractivity contribution in [3.63, 3.8) is 0 Å². The molecule has 1 aliphatic heterocycles. The first kappa shape index (κ1) is 24.0. The van der Waals surface area contributed by atoms with Crippen molar-refractivity contribution in [2.24, 2.45) is 5.41 Å². The maximum absolute atomic E-state index is 13.9. The average Bonchev–Trinajstić information content (AvgIpc) is 2.92. The highest BCUT2D eigenvalue weighted by molar-refractivity contribution is 5.98. The SMILES string of the molecule is CC(C)(C)[C@H](NC(=O)c1nc(-c2ccc(F)c(F)c2)n2c1COCCC2)C(=O)CCCF. The Morgan fingerprint density at radius 3 is 2.66 bits per heavy atom. The van der Waals surface area contributed by atoms with Crippen molar-refractivity contribution in [3.8, 4) is 11.4 Å². The fourth-order valence-corrected chi connectivity index (χ4v) is 3.77. The molecule has 0 fully saturated rings. The van der Waals surface area contributed by atoms with Crippen molar-refractivity contribution in [1.82, 2.24) is 14.9 Å². The molecule has 0 saturated heterocycles. The summed E-state index contributed by atoms with van der Waals surface area (Å²) in [4.78, 5) is 30.3. The van der Waals surface area contributed by atoms with Gasteiger partial charge in [-0.2, -0.15) is 0 Å². The van der Waals surface area contributed by atoms with Crippen molar-refractivity contribution in [3.05, 3.63) is 41.2 Å². The monoisotopic (exact) mass is 451 g/mol. The normalized spacial score (nSPS) is 15.1. The maximum Gasteiger partial charge on any atom is 0.272 e. The Kier molecular flexibility index (Phi) is 7.38. The Bertz CT molecular complexity index is 998. The van der Waals surface area contributed by atoms with Crippen LogP contribution in [0.3, 0.4) is 0 Å². The molecular formula is C23H28F3N3O3. The number of hydrogen-bond donors (Lipinski definition) is 1. The van der Waals surface area contributed by atoms with Crippen LogP contribution in [0.2, 0.25) is 0 Å². The molecule has 1 aromatic carbocycles. The Labute approximate surface area is 185 Å². The lowest BCUT2D eigenvalue weighted by molar-refractivity contribution is -0.123. The highest BCUT2D eigenvalue weighted by Crippen LogP contribution is 2.28. The molecule has 0 aliphatic carbocycles. The Hall–Kier alpha value is -2.68. The number of aromatic nitrogens is 2. The third-order valence-corrected chi connectivity index (χ3v) is 5.39. The smallest absolute Gasteiger partial charge is 0.272 e. The molecule has 0 saturated carbocycles. The van der Waals surface area contributed by atoms with E-state index in [4.69, 9.17) is 4.74 Å². The van der Waals surface area contributed by atoms with Gasteiger partial charge in [0.15, 0.2) is 23.1 Å². The van der Waals surface area contributed by atoms with Crippen LogP contribution in [0, 0.1) is 17.0 Å². The first-order chi connectivity index (χ1) is 15.1. The van der Waals surface area contributed by atoms with E-state index < -0.39 is 35.7 Å². The number of fused-ring (bicyclic) bond motifs is 1. The average molecular weight is 451 g/mol. The summed E-state index contributed by atoms with van der Waals surface area (Å²) >= 11 is 0. The number of amides is 1. The summed E-state index contributed by atoms with van der Waals surface area (Å²) in [5.74, 6) is -2.49. The van der Waals surface area contributed by atoms with E-state index in [0.717, 1.165) is 12.1 Å². The number of alkyl halides is 1. The van der Waals surface area contributed by atoms with Crippen LogP contribution >= 0.6 is 0 Å². The van der Waals surface area contributed by atoms with Crippen LogP contribution < -0.4 is 5.32 Å². The van der Waals surface area contributed by atoms with Gasteiger partial charge in [0.1, 0.15) is 5.82 Å². The largest absolute Gasteiger partial charge is 0.375 e. The fourth-order valence-electron chi connectivity index (χ4n) is 3.77. The minimum atomic E-state index is -1.01. The number of rotatable bonds is 7. The molecule has 0 bridgehead atoms. The number of imidazole rings is 1. The zero-order chi connectivity index (χ0) is 23.5. The highest BCUT2D eigenvalue weighted by atomic mass is 19.2. The van der Waals surface area contributed by atoms with Gasteiger partial charge in [0.05, 0.1) is 25.0 Å². The summed E-state index contributed by atoms with van der Waals surface area (Å²) in [5.41, 5.74) is 0.305. The number of halogens is 3. The third-order valence-electron chi connectivity index (χ3n) is 5.39. The molecule has 1 aromatic heterocycles. The van der Waals surface area contributed by atoms with E-state index in [1.54, 1.807) is 4.57 Å². The highest BCUT2D eigenvalue weighted by Gasteiger charge is 2.34. The number of ether oxygens (including phenoxy) is 1. The van der Waals surface area contributed by atoms with Gasteiger partial charge < -0.3 is 14.6 Å². The molecule has 9 heteroatoms. The number of ketones is 1. The standard InChI is InChI=1S/C23H28F3N3O3/c1-23(2,3)20(18(30)6-4-9-24)28-22(31)19-17-13-32-11-5-10-29(17)21(27-19)14-7-8-15(25)16(26)12-14/h7-8,12,20H,4-6,9-11,13H2,1-3H3,(H,28,31)/t20-/m1/s1. The molecule has 3 rings (SSSR count). The maximum atomic E-state index is 13.9. The minimum Gasteiger partial charge on any atom is -0.375 e. The second-order valence-corrected chi connectivity index (χ2v) is 8.95. The molecule has 1 atom stereocenters. The quantitative estimate of drug-likeness (QED) is 0.685. The van der Waals surface area contributed by atoms with Crippen LogP contribution in [0.5, 0.6) is 0 Å². The second kappa shape index (κ2) is 9.85. The van der Waals surface area contributed by atoms with E-state index in [-0.39, 0.29) is 30.9 Å². The van der Waals surface area contributed by atoms with E-state index in [2.05, 4.69) is 10.3 Å². The van der Waals surface area contributed by atoms with Crippen LogP contribution in [-0.2, 0) is 22.7 Å². The number of benzene rings is 1. The molecule has 2 heterocycles. The number of nitrogens with zero attached hydrogens (tertiary/aromatic N) is 2. The van der Waals surface area contributed by atoms with Gasteiger partial charge in [0.25, 0.3) is 5.91 Å². The lowest BCUT2D eigenvalue weighted by Crippen LogP contribution is -2.49. The number of carbonyl (C=O) groups excluding carboxylic acids is 2. The molecule has 1 N–H and O–H groups in total. The van der Waals surface area contributed by atoms with Crippen LogP contribution in [0.1, 0.15) is 56.2 Å². The van der Waals surface area contributed by atoms with Gasteiger partial charge in [0.2, 0.25) is 0 Å². The summed E-state index contributed by atoms with van der Waals surface area (Å²) < 4.78 is 47.2. The fraction of sp³-hybridized carbons (Fsp3) is 0.522. The summed E-state index contributed by atoms with van der Waals surface area (Å²) in [6, 6.07) is 2.62. The first-order valence-electron chi connectivity index (χ1n) is 10.7. The van der Waals surface area contributed by atoms with E-state index in [1.165, 1.54) is 6.07 Å². The van der Waals surface area contributed by atoms with Gasteiger partial charge in [-0.05, 0) is 36.5 Å². The second-order valence-electron chi connectivity index (χ2n) is 8.95. The molecule has 0 radical (unpaired) electrons. The molecule has 0 spiro atoms. The van der Waals surface area contributed by atoms with Crippen LogP contribution in [0.25, 0.3) is 11.4 Å². The van der Waals surface area contributed by atoms with Crippen molar-refractivity contribution < 1.29 is 27.5 Å². The third kappa shape index (κ3) is 5.20. The molecule has 6 nitrogen and oxygen atoms in total. The van der Waals surface area contributed by atoms with Crippen LogP contribution in [0.15, 0.2) is 18.2 Å². The lowest BCUT2D eigenvalue weighted by atomic mass is 9.83. The summed E-state index contributed by atoms with van der Waals surface area (Å²) in [6.07, 6.45) is 0.770. The Balaban J connectivity index is 1.99. The van der Waals surface area contributed by atoms with Gasteiger partial charge in [-0.25, -0.2) is 13.8 Å². The number of hydrogen-bond acceptors (Lipinski definition) is 4.